The van der Waals surface area contributed by atoms with Gasteiger partial charge in [-0.15, -0.1) is 0 Å². The molecular formula is C18H21BrN4O. The van der Waals surface area contributed by atoms with Crippen LogP contribution in [0.3, 0.4) is 0 Å². The van der Waals surface area contributed by atoms with Gasteiger partial charge in [-0.1, -0.05) is 15.9 Å². The summed E-state index contributed by atoms with van der Waals surface area (Å²) in [5.41, 5.74) is 3.41. The predicted molar refractivity (Wildman–Crippen MR) is 101 cm³/mol. The molecule has 126 valence electrons. The van der Waals surface area contributed by atoms with Crippen LogP contribution >= 0.6 is 15.9 Å². The molecule has 0 saturated carbocycles. The zero-order valence-electron chi connectivity index (χ0n) is 13.9. The number of benzene rings is 1. The second-order valence-electron chi connectivity index (χ2n) is 6.14. The molecule has 1 aromatic carbocycles. The lowest BCUT2D eigenvalue weighted by Gasteiger charge is -2.33. The van der Waals surface area contributed by atoms with Crippen LogP contribution in [-0.4, -0.2) is 49.0 Å². The van der Waals surface area contributed by atoms with E-state index in [0.29, 0.717) is 5.56 Å². The van der Waals surface area contributed by atoms with Crippen molar-refractivity contribution in [3.8, 4) is 0 Å². The van der Waals surface area contributed by atoms with Gasteiger partial charge in [-0.25, -0.2) is 0 Å². The van der Waals surface area contributed by atoms with E-state index >= 15 is 0 Å². The number of piperazine rings is 1. The Labute approximate surface area is 150 Å². The number of halogens is 1. The molecule has 0 radical (unpaired) electrons. The van der Waals surface area contributed by atoms with Crippen LogP contribution in [0.5, 0.6) is 0 Å². The Kier molecular flexibility index (Phi) is 5.16. The van der Waals surface area contributed by atoms with E-state index in [9.17, 15) is 4.79 Å². The van der Waals surface area contributed by atoms with Crippen molar-refractivity contribution < 1.29 is 4.79 Å². The summed E-state index contributed by atoms with van der Waals surface area (Å²) in [7, 11) is 2.13. The predicted octanol–water partition coefficient (Wildman–Crippen LogP) is 3.16. The number of nitrogens with one attached hydrogen (secondary N) is 1. The lowest BCUT2D eigenvalue weighted by molar-refractivity contribution is 0.102. The van der Waals surface area contributed by atoms with E-state index in [-0.39, 0.29) is 5.91 Å². The van der Waals surface area contributed by atoms with Crippen molar-refractivity contribution >= 4 is 33.2 Å². The van der Waals surface area contributed by atoms with Crippen molar-refractivity contribution in [1.29, 1.82) is 0 Å². The van der Waals surface area contributed by atoms with Gasteiger partial charge in [-0.3, -0.25) is 9.78 Å². The fraction of sp³-hybridized carbons (Fsp3) is 0.333. The van der Waals surface area contributed by atoms with Crippen molar-refractivity contribution in [2.24, 2.45) is 0 Å². The van der Waals surface area contributed by atoms with Crippen LogP contribution in [0.25, 0.3) is 0 Å². The number of hydrogen-bond donors (Lipinski definition) is 1. The number of nitrogens with zero attached hydrogens (tertiary/aromatic N) is 3. The third kappa shape index (κ3) is 3.94. The van der Waals surface area contributed by atoms with E-state index in [1.54, 1.807) is 6.20 Å². The maximum atomic E-state index is 12.5. The van der Waals surface area contributed by atoms with E-state index in [1.165, 1.54) is 0 Å². The minimum Gasteiger partial charge on any atom is -0.368 e. The molecule has 0 unspecified atom stereocenters. The monoisotopic (exact) mass is 388 g/mol. The Balaban J connectivity index is 1.74. The fourth-order valence-corrected chi connectivity index (χ4v) is 3.23. The molecule has 2 heterocycles. The fourth-order valence-electron chi connectivity index (χ4n) is 2.75. The Morgan fingerprint density at radius 3 is 2.62 bits per heavy atom. The molecule has 1 aromatic heterocycles. The van der Waals surface area contributed by atoms with Gasteiger partial charge in [0.15, 0.2) is 0 Å². The number of carbonyl (C=O) groups is 1. The summed E-state index contributed by atoms with van der Waals surface area (Å²) >= 11 is 3.43. The molecule has 1 aliphatic rings. The largest absolute Gasteiger partial charge is 0.368 e. The number of rotatable bonds is 3. The van der Waals surface area contributed by atoms with Crippen LogP contribution < -0.4 is 10.2 Å². The van der Waals surface area contributed by atoms with E-state index in [0.717, 1.165) is 47.6 Å². The topological polar surface area (TPSA) is 48.5 Å². The summed E-state index contributed by atoms with van der Waals surface area (Å²) in [5.74, 6) is -0.135. The van der Waals surface area contributed by atoms with Gasteiger partial charge < -0.3 is 15.1 Å². The van der Waals surface area contributed by atoms with Gasteiger partial charge in [-0.05, 0) is 43.8 Å². The normalized spacial score (nSPS) is 15.4. The molecule has 24 heavy (non-hydrogen) atoms. The summed E-state index contributed by atoms with van der Waals surface area (Å²) < 4.78 is 0.997. The first-order chi connectivity index (χ1) is 11.5. The van der Waals surface area contributed by atoms with E-state index in [4.69, 9.17) is 0 Å². The van der Waals surface area contributed by atoms with Crippen LogP contribution in [0.1, 0.15) is 15.9 Å². The van der Waals surface area contributed by atoms with Gasteiger partial charge in [0, 0.05) is 42.5 Å². The van der Waals surface area contributed by atoms with Crippen molar-refractivity contribution in [3.63, 3.8) is 0 Å². The minimum atomic E-state index is -0.135. The number of aromatic nitrogens is 1. The SMILES string of the molecule is Cc1cc(Br)ccc1NC(=O)c1cncc(N2CCN(C)CC2)c1. The van der Waals surface area contributed by atoms with Gasteiger partial charge in [0.1, 0.15) is 0 Å². The van der Waals surface area contributed by atoms with Crippen LogP contribution in [0.15, 0.2) is 41.1 Å². The first-order valence-corrected chi connectivity index (χ1v) is 8.78. The van der Waals surface area contributed by atoms with Gasteiger partial charge in [0.25, 0.3) is 5.91 Å². The zero-order valence-corrected chi connectivity index (χ0v) is 15.5. The van der Waals surface area contributed by atoms with Crippen LogP contribution in [-0.2, 0) is 0 Å². The van der Waals surface area contributed by atoms with Crippen LogP contribution in [0.2, 0.25) is 0 Å². The Morgan fingerprint density at radius 1 is 1.17 bits per heavy atom. The zero-order chi connectivity index (χ0) is 17.1. The summed E-state index contributed by atoms with van der Waals surface area (Å²) in [6.07, 6.45) is 3.44. The Bertz CT molecular complexity index is 742. The molecule has 5 nitrogen and oxygen atoms in total. The molecule has 6 heteroatoms. The Hall–Kier alpha value is -1.92. The van der Waals surface area contributed by atoms with E-state index < -0.39 is 0 Å². The molecule has 3 rings (SSSR count). The van der Waals surface area contributed by atoms with Gasteiger partial charge >= 0.3 is 0 Å². The lowest BCUT2D eigenvalue weighted by Crippen LogP contribution is -2.44. The summed E-state index contributed by atoms with van der Waals surface area (Å²) in [6, 6.07) is 7.72. The number of amides is 1. The number of likely N-dealkylation sites (N-methyl/N-ethyl adjacent to an activating group) is 1. The maximum absolute atomic E-state index is 12.5. The molecule has 1 aliphatic heterocycles. The third-order valence-corrected chi connectivity index (χ3v) is 4.78. The molecule has 0 spiro atoms. The maximum Gasteiger partial charge on any atom is 0.257 e. The second kappa shape index (κ2) is 7.32. The molecule has 1 saturated heterocycles. The number of hydrogen-bond acceptors (Lipinski definition) is 4. The number of carbonyl (C=O) groups excluding carboxylic acids is 1. The Morgan fingerprint density at radius 2 is 1.92 bits per heavy atom. The summed E-state index contributed by atoms with van der Waals surface area (Å²) in [6.45, 7) is 5.92. The van der Waals surface area contributed by atoms with Crippen molar-refractivity contribution in [1.82, 2.24) is 9.88 Å². The summed E-state index contributed by atoms with van der Waals surface area (Å²) in [4.78, 5) is 21.4. The van der Waals surface area contributed by atoms with E-state index in [1.807, 2.05) is 37.4 Å². The quantitative estimate of drug-likeness (QED) is 0.876. The van der Waals surface area contributed by atoms with Gasteiger partial charge in [-0.2, -0.15) is 0 Å². The molecule has 0 bridgehead atoms. The standard InChI is InChI=1S/C18H21BrN4O/c1-13-9-15(19)3-4-17(13)21-18(24)14-10-16(12-20-11-14)23-7-5-22(2)6-8-23/h3-4,9-12H,5-8H2,1-2H3,(H,21,24). The van der Waals surface area contributed by atoms with Crippen LogP contribution in [0, 0.1) is 6.92 Å². The van der Waals surface area contributed by atoms with E-state index in [2.05, 4.69) is 43.1 Å². The first-order valence-electron chi connectivity index (χ1n) is 7.99. The number of pyridine rings is 1. The molecule has 1 amide bonds. The van der Waals surface area contributed by atoms with Crippen molar-refractivity contribution in [3.05, 3.63) is 52.3 Å². The molecule has 0 aliphatic carbocycles. The third-order valence-electron chi connectivity index (χ3n) is 4.29. The average molecular weight is 389 g/mol. The number of anilines is 2. The highest BCUT2D eigenvalue weighted by Gasteiger charge is 2.16. The molecule has 1 fully saturated rings. The number of aryl methyl sites for hydroxylation is 1. The highest BCUT2D eigenvalue weighted by molar-refractivity contribution is 9.10. The molecule has 0 atom stereocenters. The minimum absolute atomic E-state index is 0.135. The second-order valence-corrected chi connectivity index (χ2v) is 7.05. The van der Waals surface area contributed by atoms with Crippen molar-refractivity contribution in [2.75, 3.05) is 43.4 Å². The molecular weight excluding hydrogens is 368 g/mol. The lowest BCUT2D eigenvalue weighted by atomic mass is 10.1. The van der Waals surface area contributed by atoms with Gasteiger partial charge in [0.2, 0.25) is 0 Å². The van der Waals surface area contributed by atoms with Crippen LogP contribution in [0.4, 0.5) is 11.4 Å². The molecule has 1 N–H and O–H groups in total. The molecule has 2 aromatic rings. The van der Waals surface area contributed by atoms with Crippen molar-refractivity contribution in [2.45, 2.75) is 6.92 Å². The highest BCUT2D eigenvalue weighted by Crippen LogP contribution is 2.22. The van der Waals surface area contributed by atoms with Gasteiger partial charge in [0.05, 0.1) is 17.4 Å². The summed E-state index contributed by atoms with van der Waals surface area (Å²) in [5, 5.41) is 2.96. The first kappa shape index (κ1) is 16.9. The smallest absolute Gasteiger partial charge is 0.257 e. The highest BCUT2D eigenvalue weighted by atomic mass is 79.9. The average Bonchev–Trinajstić information content (AvgIpc) is 2.58.